The van der Waals surface area contributed by atoms with Crippen LogP contribution in [0.4, 0.5) is 5.69 Å². The first-order chi connectivity index (χ1) is 9.85. The Hall–Kier alpha value is -2.28. The maximum Gasteiger partial charge on any atom is 0.338 e. The minimum atomic E-state index is -0.540. The normalized spacial score (nSPS) is 11.0. The highest BCUT2D eigenvalue weighted by Gasteiger charge is 2.17. The van der Waals surface area contributed by atoms with Gasteiger partial charge in [0.1, 0.15) is 5.60 Å². The number of rotatable bonds is 3. The summed E-state index contributed by atoms with van der Waals surface area (Å²) < 4.78 is 8.89. The van der Waals surface area contributed by atoms with Gasteiger partial charge in [0, 0.05) is 11.1 Å². The molecule has 6 nitrogen and oxygen atoms in total. The molecular formula is C14H15N3O3S. The van der Waals surface area contributed by atoms with Crippen molar-refractivity contribution >= 4 is 29.1 Å². The number of carbonyl (C=O) groups is 2. The number of nitrogens with one attached hydrogen (secondary N) is 1. The SMILES string of the molecule is CC(C)(C)OC(=O)c1ccc(NC(=O)c2csnn2)cc1. The van der Waals surface area contributed by atoms with Crippen molar-refractivity contribution in [3.63, 3.8) is 0 Å². The molecule has 1 heterocycles. The minimum Gasteiger partial charge on any atom is -0.456 e. The van der Waals surface area contributed by atoms with Crippen LogP contribution in [0.3, 0.4) is 0 Å². The van der Waals surface area contributed by atoms with Gasteiger partial charge in [0.25, 0.3) is 5.91 Å². The van der Waals surface area contributed by atoms with Crippen LogP contribution in [0.2, 0.25) is 0 Å². The Kier molecular flexibility index (Phi) is 4.32. The van der Waals surface area contributed by atoms with Crippen LogP contribution in [0.5, 0.6) is 0 Å². The summed E-state index contributed by atoms with van der Waals surface area (Å²) in [6.45, 7) is 5.42. The second kappa shape index (κ2) is 6.01. The Balaban J connectivity index is 2.02. The number of ether oxygens (including phenoxy) is 1. The van der Waals surface area contributed by atoms with E-state index in [1.165, 1.54) is 0 Å². The largest absolute Gasteiger partial charge is 0.456 e. The lowest BCUT2D eigenvalue weighted by Crippen LogP contribution is -2.23. The Bertz CT molecular complexity index is 630. The van der Waals surface area contributed by atoms with Crippen molar-refractivity contribution in [3.05, 3.63) is 40.9 Å². The number of anilines is 1. The molecule has 0 saturated carbocycles. The Morgan fingerprint density at radius 1 is 1.19 bits per heavy atom. The van der Waals surface area contributed by atoms with Crippen molar-refractivity contribution in [1.29, 1.82) is 0 Å². The molecule has 0 spiro atoms. The molecule has 1 aromatic heterocycles. The molecule has 21 heavy (non-hydrogen) atoms. The summed E-state index contributed by atoms with van der Waals surface area (Å²) in [5, 5.41) is 7.91. The van der Waals surface area contributed by atoms with E-state index >= 15 is 0 Å². The maximum absolute atomic E-state index is 11.9. The Labute approximate surface area is 126 Å². The van der Waals surface area contributed by atoms with Gasteiger partial charge in [0.2, 0.25) is 0 Å². The number of benzene rings is 1. The van der Waals surface area contributed by atoms with Crippen molar-refractivity contribution in [3.8, 4) is 0 Å². The molecule has 2 aromatic rings. The number of amides is 1. The molecule has 0 saturated heterocycles. The fourth-order valence-corrected chi connectivity index (χ4v) is 1.92. The smallest absolute Gasteiger partial charge is 0.338 e. The third kappa shape index (κ3) is 4.35. The highest BCUT2D eigenvalue weighted by atomic mass is 32.1. The van der Waals surface area contributed by atoms with Crippen LogP contribution in [0.15, 0.2) is 29.6 Å². The van der Waals surface area contributed by atoms with Crippen LogP contribution in [0.25, 0.3) is 0 Å². The van der Waals surface area contributed by atoms with E-state index in [9.17, 15) is 9.59 Å². The molecule has 1 aromatic carbocycles. The van der Waals surface area contributed by atoms with Gasteiger partial charge in [-0.1, -0.05) is 4.49 Å². The molecule has 0 atom stereocenters. The van der Waals surface area contributed by atoms with E-state index < -0.39 is 11.6 Å². The molecule has 0 unspecified atom stereocenters. The van der Waals surface area contributed by atoms with Gasteiger partial charge < -0.3 is 10.1 Å². The first kappa shape index (κ1) is 15.1. The summed E-state index contributed by atoms with van der Waals surface area (Å²) in [6.07, 6.45) is 0. The summed E-state index contributed by atoms with van der Waals surface area (Å²) >= 11 is 1.11. The summed E-state index contributed by atoms with van der Waals surface area (Å²) in [4.78, 5) is 23.6. The van der Waals surface area contributed by atoms with Crippen molar-refractivity contribution in [1.82, 2.24) is 9.59 Å². The molecule has 0 aliphatic heterocycles. The molecule has 2 rings (SSSR count). The molecule has 0 radical (unpaired) electrons. The minimum absolute atomic E-state index is 0.260. The van der Waals surface area contributed by atoms with Gasteiger partial charge in [0.05, 0.1) is 5.56 Å². The lowest BCUT2D eigenvalue weighted by atomic mass is 10.1. The van der Waals surface area contributed by atoms with Gasteiger partial charge >= 0.3 is 5.97 Å². The van der Waals surface area contributed by atoms with Gasteiger partial charge in [-0.25, -0.2) is 4.79 Å². The maximum atomic E-state index is 11.9. The van der Waals surface area contributed by atoms with E-state index in [-0.39, 0.29) is 11.6 Å². The van der Waals surface area contributed by atoms with E-state index in [0.29, 0.717) is 11.3 Å². The van der Waals surface area contributed by atoms with Crippen LogP contribution >= 0.6 is 11.5 Å². The number of carbonyl (C=O) groups excluding carboxylic acids is 2. The predicted octanol–water partition coefficient (Wildman–Crippen LogP) is 2.75. The number of esters is 1. The second-order valence-corrected chi connectivity index (χ2v) is 5.93. The van der Waals surface area contributed by atoms with Crippen LogP contribution < -0.4 is 5.32 Å². The third-order valence-electron chi connectivity index (χ3n) is 2.37. The van der Waals surface area contributed by atoms with Gasteiger partial charge in [-0.15, -0.1) is 5.10 Å². The first-order valence-corrected chi connectivity index (χ1v) is 7.10. The summed E-state index contributed by atoms with van der Waals surface area (Å²) in [6, 6.07) is 6.47. The zero-order valence-electron chi connectivity index (χ0n) is 11.9. The number of aromatic nitrogens is 2. The first-order valence-electron chi connectivity index (χ1n) is 6.27. The molecule has 110 valence electrons. The Morgan fingerprint density at radius 2 is 1.86 bits per heavy atom. The van der Waals surface area contributed by atoms with E-state index in [1.807, 2.05) is 0 Å². The zero-order valence-corrected chi connectivity index (χ0v) is 12.7. The monoisotopic (exact) mass is 305 g/mol. The number of hydrogen-bond donors (Lipinski definition) is 1. The van der Waals surface area contributed by atoms with Gasteiger partial charge in [0.15, 0.2) is 5.69 Å². The average Bonchev–Trinajstić information content (AvgIpc) is 2.91. The topological polar surface area (TPSA) is 81.2 Å². The fraction of sp³-hybridized carbons (Fsp3) is 0.286. The quantitative estimate of drug-likeness (QED) is 0.882. The molecular weight excluding hydrogens is 290 g/mol. The lowest BCUT2D eigenvalue weighted by Gasteiger charge is -2.19. The lowest BCUT2D eigenvalue weighted by molar-refractivity contribution is 0.00695. The van der Waals surface area contributed by atoms with Gasteiger partial charge in [-0.3, -0.25) is 4.79 Å². The van der Waals surface area contributed by atoms with Gasteiger partial charge in [-0.05, 0) is 56.6 Å². The highest BCUT2D eigenvalue weighted by Crippen LogP contribution is 2.15. The third-order valence-corrected chi connectivity index (χ3v) is 2.87. The highest BCUT2D eigenvalue weighted by molar-refractivity contribution is 7.03. The van der Waals surface area contributed by atoms with Crippen LogP contribution in [-0.4, -0.2) is 27.1 Å². The number of hydrogen-bond acceptors (Lipinski definition) is 6. The number of nitrogens with zero attached hydrogens (tertiary/aromatic N) is 2. The summed E-state index contributed by atoms with van der Waals surface area (Å²) in [7, 11) is 0. The van der Waals surface area contributed by atoms with Crippen LogP contribution in [0, 0.1) is 0 Å². The molecule has 1 N–H and O–H groups in total. The summed E-state index contributed by atoms with van der Waals surface area (Å²) in [5.74, 6) is -0.738. The van der Waals surface area contributed by atoms with Crippen molar-refractivity contribution in [2.45, 2.75) is 26.4 Å². The van der Waals surface area contributed by atoms with Crippen molar-refractivity contribution < 1.29 is 14.3 Å². The van der Waals surface area contributed by atoms with E-state index in [2.05, 4.69) is 14.9 Å². The Morgan fingerprint density at radius 3 is 2.38 bits per heavy atom. The standard InChI is InChI=1S/C14H15N3O3S/c1-14(2,3)20-13(19)9-4-6-10(7-5-9)15-12(18)11-8-21-17-16-11/h4-8H,1-3H3,(H,15,18). The zero-order chi connectivity index (χ0) is 15.5. The summed E-state index contributed by atoms with van der Waals surface area (Å²) in [5.41, 5.74) is 0.719. The van der Waals surface area contributed by atoms with Crippen molar-refractivity contribution in [2.24, 2.45) is 0 Å². The van der Waals surface area contributed by atoms with E-state index in [0.717, 1.165) is 11.5 Å². The molecule has 1 amide bonds. The molecule has 0 aliphatic carbocycles. The molecule has 0 fully saturated rings. The second-order valence-electron chi connectivity index (χ2n) is 5.32. The van der Waals surface area contributed by atoms with E-state index in [1.54, 1.807) is 50.4 Å². The fourth-order valence-electron chi connectivity index (χ4n) is 1.49. The molecule has 0 bridgehead atoms. The predicted molar refractivity (Wildman–Crippen MR) is 79.5 cm³/mol. The van der Waals surface area contributed by atoms with Gasteiger partial charge in [-0.2, -0.15) is 0 Å². The van der Waals surface area contributed by atoms with E-state index in [4.69, 9.17) is 4.74 Å². The van der Waals surface area contributed by atoms with Crippen molar-refractivity contribution in [2.75, 3.05) is 5.32 Å². The molecule has 0 aliphatic rings. The van der Waals surface area contributed by atoms with Crippen LogP contribution in [-0.2, 0) is 4.74 Å². The van der Waals surface area contributed by atoms with Crippen LogP contribution in [0.1, 0.15) is 41.6 Å². The molecule has 7 heteroatoms. The average molecular weight is 305 g/mol.